The van der Waals surface area contributed by atoms with Crippen LogP contribution in [0.25, 0.3) is 53.6 Å². The van der Waals surface area contributed by atoms with Gasteiger partial charge in [0.2, 0.25) is 0 Å². The second-order valence-corrected chi connectivity index (χ2v) is 10.6. The normalized spacial score (nSPS) is 11.2. The van der Waals surface area contributed by atoms with Crippen molar-refractivity contribution in [2.24, 2.45) is 0 Å². The number of rotatable bonds is 5. The molecular weight excluding hydrogens is 478 g/mol. The molecule has 38 heavy (non-hydrogen) atoms. The molecule has 7 rings (SSSR count). The number of benzene rings is 6. The van der Waals surface area contributed by atoms with Gasteiger partial charge < -0.3 is 5.32 Å². The van der Waals surface area contributed by atoms with E-state index in [1.54, 1.807) is 0 Å². The zero-order valence-corrected chi connectivity index (χ0v) is 21.6. The van der Waals surface area contributed by atoms with Gasteiger partial charge in [-0.25, -0.2) is 0 Å². The van der Waals surface area contributed by atoms with E-state index in [9.17, 15) is 0 Å². The van der Waals surface area contributed by atoms with E-state index in [1.807, 2.05) is 11.3 Å². The molecule has 1 aromatic heterocycles. The van der Waals surface area contributed by atoms with Gasteiger partial charge in [-0.2, -0.15) is 0 Å². The molecule has 1 nitrogen and oxygen atoms in total. The van der Waals surface area contributed by atoms with Gasteiger partial charge in [-0.05, 0) is 69.8 Å². The number of hydrogen-bond acceptors (Lipinski definition) is 2. The van der Waals surface area contributed by atoms with Gasteiger partial charge >= 0.3 is 0 Å². The first-order chi connectivity index (χ1) is 18.8. The van der Waals surface area contributed by atoms with Gasteiger partial charge in [0.05, 0.1) is 0 Å². The Balaban J connectivity index is 1.30. The average molecular weight is 504 g/mol. The van der Waals surface area contributed by atoms with Crippen LogP contribution in [-0.2, 0) is 0 Å². The van der Waals surface area contributed by atoms with Gasteiger partial charge in [-0.15, -0.1) is 11.3 Å². The Hall–Kier alpha value is -4.66. The molecule has 0 aliphatic heterocycles. The molecular formula is C36H25NS. The summed E-state index contributed by atoms with van der Waals surface area (Å²) < 4.78 is 2.67. The van der Waals surface area contributed by atoms with Crippen molar-refractivity contribution < 1.29 is 0 Å². The minimum atomic E-state index is 1.07. The van der Waals surface area contributed by atoms with Crippen LogP contribution >= 0.6 is 11.3 Å². The van der Waals surface area contributed by atoms with Crippen molar-refractivity contribution in [1.82, 2.24) is 0 Å². The summed E-state index contributed by atoms with van der Waals surface area (Å²) in [4.78, 5) is 0. The van der Waals surface area contributed by atoms with Gasteiger partial charge in [-0.3, -0.25) is 0 Å². The summed E-state index contributed by atoms with van der Waals surface area (Å²) >= 11 is 1.87. The molecule has 0 bridgehead atoms. The molecule has 7 aromatic rings. The van der Waals surface area contributed by atoms with E-state index in [0.717, 1.165) is 11.4 Å². The molecule has 2 heteroatoms. The fourth-order valence-corrected chi connectivity index (χ4v) is 6.44. The number of nitrogens with one attached hydrogen (secondary N) is 1. The molecule has 0 atom stereocenters. The van der Waals surface area contributed by atoms with Gasteiger partial charge in [0, 0.05) is 31.5 Å². The highest BCUT2D eigenvalue weighted by atomic mass is 32.1. The first kappa shape index (κ1) is 22.5. The van der Waals surface area contributed by atoms with Crippen molar-refractivity contribution in [3.8, 4) is 33.4 Å². The number of fused-ring (bicyclic) bond motifs is 3. The van der Waals surface area contributed by atoms with E-state index in [2.05, 4.69) is 151 Å². The lowest BCUT2D eigenvalue weighted by atomic mass is 9.98. The fraction of sp³-hybridized carbons (Fsp3) is 0. The molecule has 0 unspecified atom stereocenters. The molecule has 1 heterocycles. The van der Waals surface area contributed by atoms with E-state index >= 15 is 0 Å². The highest BCUT2D eigenvalue weighted by Gasteiger charge is 2.11. The maximum Gasteiger partial charge on any atom is 0.0433 e. The summed E-state index contributed by atoms with van der Waals surface area (Å²) in [6.45, 7) is 0. The summed E-state index contributed by atoms with van der Waals surface area (Å²) in [7, 11) is 0. The number of thiophene rings is 1. The summed E-state index contributed by atoms with van der Waals surface area (Å²) in [5, 5.41) is 6.36. The van der Waals surface area contributed by atoms with Crippen LogP contribution in [0.15, 0.2) is 146 Å². The highest BCUT2D eigenvalue weighted by molar-refractivity contribution is 7.26. The van der Waals surface area contributed by atoms with E-state index in [-0.39, 0.29) is 0 Å². The molecule has 0 aliphatic rings. The Morgan fingerprint density at radius 3 is 1.71 bits per heavy atom. The lowest BCUT2D eigenvalue weighted by molar-refractivity contribution is 1.52. The van der Waals surface area contributed by atoms with Crippen molar-refractivity contribution in [2.75, 3.05) is 5.32 Å². The molecule has 180 valence electrons. The van der Waals surface area contributed by atoms with Crippen LogP contribution < -0.4 is 5.32 Å². The maximum atomic E-state index is 3.71. The summed E-state index contributed by atoms with van der Waals surface area (Å²) in [6.07, 6.45) is 0. The van der Waals surface area contributed by atoms with Crippen LogP contribution in [0.3, 0.4) is 0 Å². The first-order valence-electron chi connectivity index (χ1n) is 12.9. The molecule has 0 fully saturated rings. The maximum absolute atomic E-state index is 3.71. The summed E-state index contributed by atoms with van der Waals surface area (Å²) in [5.74, 6) is 0. The van der Waals surface area contributed by atoms with Crippen LogP contribution in [-0.4, -0.2) is 0 Å². The zero-order chi connectivity index (χ0) is 25.3. The van der Waals surface area contributed by atoms with Crippen molar-refractivity contribution in [3.63, 3.8) is 0 Å². The van der Waals surface area contributed by atoms with E-state index < -0.39 is 0 Å². The summed E-state index contributed by atoms with van der Waals surface area (Å²) in [6, 6.07) is 52.0. The Morgan fingerprint density at radius 2 is 0.974 bits per heavy atom. The van der Waals surface area contributed by atoms with Gasteiger partial charge in [0.25, 0.3) is 0 Å². The molecule has 6 aromatic carbocycles. The molecule has 0 amide bonds. The molecule has 0 aliphatic carbocycles. The molecule has 0 saturated heterocycles. The van der Waals surface area contributed by atoms with Crippen molar-refractivity contribution >= 4 is 42.9 Å². The van der Waals surface area contributed by atoms with Crippen LogP contribution in [0.1, 0.15) is 0 Å². The van der Waals surface area contributed by atoms with Gasteiger partial charge in [-0.1, -0.05) is 109 Å². The Bertz CT molecular complexity index is 1830. The molecule has 1 N–H and O–H groups in total. The molecule has 0 radical (unpaired) electrons. The van der Waals surface area contributed by atoms with E-state index in [0.29, 0.717) is 0 Å². The second-order valence-electron chi connectivity index (χ2n) is 9.52. The Morgan fingerprint density at radius 1 is 0.395 bits per heavy atom. The van der Waals surface area contributed by atoms with Gasteiger partial charge in [0.15, 0.2) is 0 Å². The SMILES string of the molecule is c1ccc(-c2cc(Nc3cccc(-c4cccc5c4sc4ccccc45)c3)cc(-c3ccccc3)c2)cc1. The smallest absolute Gasteiger partial charge is 0.0433 e. The third-order valence-electron chi connectivity index (χ3n) is 7.01. The van der Waals surface area contributed by atoms with Crippen molar-refractivity contribution in [1.29, 1.82) is 0 Å². The van der Waals surface area contributed by atoms with Crippen molar-refractivity contribution in [2.45, 2.75) is 0 Å². The molecule has 0 spiro atoms. The minimum absolute atomic E-state index is 1.07. The lowest BCUT2D eigenvalue weighted by Crippen LogP contribution is -1.93. The predicted octanol–water partition coefficient (Wildman–Crippen LogP) is 10.8. The first-order valence-corrected chi connectivity index (χ1v) is 13.7. The van der Waals surface area contributed by atoms with Crippen LogP contribution in [0.4, 0.5) is 11.4 Å². The van der Waals surface area contributed by atoms with Crippen LogP contribution in [0.2, 0.25) is 0 Å². The second kappa shape index (κ2) is 9.66. The zero-order valence-electron chi connectivity index (χ0n) is 20.8. The third kappa shape index (κ3) is 4.26. The quantitative estimate of drug-likeness (QED) is 0.246. The molecule has 0 saturated carbocycles. The third-order valence-corrected chi connectivity index (χ3v) is 8.23. The van der Waals surface area contributed by atoms with Crippen LogP contribution in [0.5, 0.6) is 0 Å². The topological polar surface area (TPSA) is 12.0 Å². The monoisotopic (exact) mass is 503 g/mol. The number of hydrogen-bond donors (Lipinski definition) is 1. The van der Waals surface area contributed by atoms with E-state index in [1.165, 1.54) is 53.6 Å². The predicted molar refractivity (Wildman–Crippen MR) is 165 cm³/mol. The summed E-state index contributed by atoms with van der Waals surface area (Å²) in [5.41, 5.74) is 9.44. The van der Waals surface area contributed by atoms with Crippen molar-refractivity contribution in [3.05, 3.63) is 146 Å². The fourth-order valence-electron chi connectivity index (χ4n) is 5.20. The average Bonchev–Trinajstić information content (AvgIpc) is 3.37. The lowest BCUT2D eigenvalue weighted by Gasteiger charge is -2.14. The largest absolute Gasteiger partial charge is 0.355 e. The van der Waals surface area contributed by atoms with Gasteiger partial charge in [0.1, 0.15) is 0 Å². The Labute approximate surface area is 226 Å². The number of anilines is 2. The Kier molecular flexibility index (Phi) is 5.73. The standard InChI is InChI=1S/C36H25NS/c1-3-11-25(12-4-1)28-21-29(26-13-5-2-6-14-26)24-31(23-28)37-30-16-9-15-27(22-30)32-18-10-19-34-33-17-7-8-20-35(33)38-36(32)34/h1-24,37H. The van der Waals surface area contributed by atoms with E-state index in [4.69, 9.17) is 0 Å². The van der Waals surface area contributed by atoms with Crippen LogP contribution in [0, 0.1) is 0 Å². The minimum Gasteiger partial charge on any atom is -0.355 e. The highest BCUT2D eigenvalue weighted by Crippen LogP contribution is 2.40.